The monoisotopic (exact) mass is 141 g/mol. The molecule has 0 unspecified atom stereocenters. The number of nitrogens with one attached hydrogen (secondary N) is 1. The van der Waals surface area contributed by atoms with Crippen LogP contribution >= 0.6 is 0 Å². The van der Waals surface area contributed by atoms with Crippen molar-refractivity contribution in [2.75, 3.05) is 6.54 Å². The van der Waals surface area contributed by atoms with Gasteiger partial charge in [-0.15, -0.1) is 0 Å². The van der Waals surface area contributed by atoms with Crippen LogP contribution in [0, 0.1) is 11.3 Å². The smallest absolute Gasteiger partial charge is 0.0649 e. The van der Waals surface area contributed by atoms with Gasteiger partial charge in [-0.3, -0.25) is 0 Å². The highest BCUT2D eigenvalue weighted by Gasteiger charge is 2.57. The first-order valence-corrected chi connectivity index (χ1v) is 4.05. The molecule has 2 N–H and O–H groups in total. The Balaban J connectivity index is 2.15. The van der Waals surface area contributed by atoms with Crippen molar-refractivity contribution in [3.05, 3.63) is 0 Å². The van der Waals surface area contributed by atoms with E-state index in [9.17, 15) is 5.11 Å². The topological polar surface area (TPSA) is 32.3 Å². The van der Waals surface area contributed by atoms with E-state index in [0.717, 1.165) is 13.0 Å². The van der Waals surface area contributed by atoms with Gasteiger partial charge in [0.15, 0.2) is 0 Å². The Bertz CT molecular complexity index is 155. The van der Waals surface area contributed by atoms with E-state index in [1.807, 2.05) is 0 Å². The van der Waals surface area contributed by atoms with Crippen molar-refractivity contribution in [3.8, 4) is 0 Å². The molecular formula is C8H15NO. The van der Waals surface area contributed by atoms with Crippen molar-refractivity contribution in [3.63, 3.8) is 0 Å². The lowest BCUT2D eigenvalue weighted by Gasteiger charge is -2.52. The summed E-state index contributed by atoms with van der Waals surface area (Å²) < 4.78 is 0. The number of rotatable bonds is 0. The van der Waals surface area contributed by atoms with Crippen LogP contribution in [0.4, 0.5) is 0 Å². The van der Waals surface area contributed by atoms with Gasteiger partial charge in [-0.1, -0.05) is 13.8 Å². The molecule has 0 aromatic carbocycles. The molecule has 0 aromatic heterocycles. The number of hydrogen-bond acceptors (Lipinski definition) is 2. The molecule has 2 rings (SSSR count). The van der Waals surface area contributed by atoms with E-state index in [0.29, 0.717) is 12.0 Å². The van der Waals surface area contributed by atoms with Gasteiger partial charge < -0.3 is 10.4 Å². The lowest BCUT2D eigenvalue weighted by Crippen LogP contribution is -2.63. The van der Waals surface area contributed by atoms with Gasteiger partial charge >= 0.3 is 0 Å². The predicted molar refractivity (Wildman–Crippen MR) is 39.7 cm³/mol. The van der Waals surface area contributed by atoms with Gasteiger partial charge in [0.05, 0.1) is 6.10 Å². The summed E-state index contributed by atoms with van der Waals surface area (Å²) in [7, 11) is 0. The molecular weight excluding hydrogens is 126 g/mol. The molecule has 2 heteroatoms. The molecule has 10 heavy (non-hydrogen) atoms. The standard InChI is InChI=1S/C8H15NO/c1-8(2)6-5(7(8)10)3-4-9-6/h5-7,9-10H,3-4H2,1-2H3/t5-,6+,7-/m0/s1. The maximum Gasteiger partial charge on any atom is 0.0649 e. The van der Waals surface area contributed by atoms with Gasteiger partial charge in [0.2, 0.25) is 0 Å². The summed E-state index contributed by atoms with van der Waals surface area (Å²) in [5.74, 6) is 0.551. The van der Waals surface area contributed by atoms with Crippen molar-refractivity contribution < 1.29 is 5.11 Å². The highest BCUT2D eigenvalue weighted by atomic mass is 16.3. The first-order valence-electron chi connectivity index (χ1n) is 4.05. The van der Waals surface area contributed by atoms with Crippen molar-refractivity contribution in [2.24, 2.45) is 11.3 Å². The normalized spacial score (nSPS) is 50.1. The fourth-order valence-corrected chi connectivity index (χ4v) is 2.50. The van der Waals surface area contributed by atoms with Crippen LogP contribution in [0.2, 0.25) is 0 Å². The van der Waals surface area contributed by atoms with Crippen LogP contribution in [-0.2, 0) is 0 Å². The molecule has 1 heterocycles. The van der Waals surface area contributed by atoms with Crippen LogP contribution in [-0.4, -0.2) is 23.8 Å². The predicted octanol–water partition coefficient (Wildman–Crippen LogP) is 0.365. The fourth-order valence-electron chi connectivity index (χ4n) is 2.50. The number of aliphatic hydroxyl groups is 1. The quantitative estimate of drug-likeness (QED) is 0.510. The maximum absolute atomic E-state index is 9.61. The van der Waals surface area contributed by atoms with Crippen LogP contribution < -0.4 is 5.32 Å². The van der Waals surface area contributed by atoms with Crippen molar-refractivity contribution in [1.29, 1.82) is 0 Å². The van der Waals surface area contributed by atoms with Crippen molar-refractivity contribution >= 4 is 0 Å². The summed E-state index contributed by atoms with van der Waals surface area (Å²) in [6.07, 6.45) is 1.10. The molecule has 2 nitrogen and oxygen atoms in total. The highest BCUT2D eigenvalue weighted by molar-refractivity contribution is 5.11. The van der Waals surface area contributed by atoms with E-state index < -0.39 is 0 Å². The Morgan fingerprint density at radius 2 is 2.20 bits per heavy atom. The van der Waals surface area contributed by atoms with E-state index in [1.165, 1.54) is 0 Å². The molecule has 58 valence electrons. The minimum atomic E-state index is -0.0625. The van der Waals surface area contributed by atoms with Crippen molar-refractivity contribution in [1.82, 2.24) is 5.32 Å². The zero-order valence-electron chi connectivity index (χ0n) is 6.59. The largest absolute Gasteiger partial charge is 0.392 e. The molecule has 0 aromatic rings. The molecule has 2 fully saturated rings. The second kappa shape index (κ2) is 1.74. The summed E-state index contributed by atoms with van der Waals surface area (Å²) in [6, 6.07) is 0.586. The van der Waals surface area contributed by atoms with Gasteiger partial charge in [-0.25, -0.2) is 0 Å². The average Bonchev–Trinajstić information content (AvgIpc) is 2.31. The maximum atomic E-state index is 9.61. The van der Waals surface area contributed by atoms with Gasteiger partial charge in [0.1, 0.15) is 0 Å². The van der Waals surface area contributed by atoms with E-state index >= 15 is 0 Å². The summed E-state index contributed by atoms with van der Waals surface area (Å²) in [5.41, 5.74) is 0.126. The Hall–Kier alpha value is -0.0800. The van der Waals surface area contributed by atoms with Gasteiger partial charge in [0.25, 0.3) is 0 Å². The van der Waals surface area contributed by atoms with Crippen molar-refractivity contribution in [2.45, 2.75) is 32.4 Å². The number of fused-ring (bicyclic) bond motifs is 1. The first-order chi connectivity index (χ1) is 4.64. The third-order valence-corrected chi connectivity index (χ3v) is 3.24. The lowest BCUT2D eigenvalue weighted by molar-refractivity contribution is -0.113. The summed E-state index contributed by atoms with van der Waals surface area (Å²) in [5, 5.41) is 13.0. The third kappa shape index (κ3) is 0.565. The molecule has 0 radical (unpaired) electrons. The van der Waals surface area contributed by atoms with Crippen LogP contribution in [0.1, 0.15) is 20.3 Å². The van der Waals surface area contributed by atoms with E-state index in [1.54, 1.807) is 0 Å². The molecule has 3 atom stereocenters. The molecule has 0 amide bonds. The Kier molecular flexibility index (Phi) is 1.15. The Morgan fingerprint density at radius 3 is 2.80 bits per heavy atom. The summed E-state index contributed by atoms with van der Waals surface area (Å²) in [6.45, 7) is 5.37. The summed E-state index contributed by atoms with van der Waals surface area (Å²) >= 11 is 0. The van der Waals surface area contributed by atoms with E-state index in [4.69, 9.17) is 0 Å². The Labute approximate surface area is 61.6 Å². The molecule has 1 saturated carbocycles. The Morgan fingerprint density at radius 1 is 1.50 bits per heavy atom. The molecule has 1 aliphatic heterocycles. The second-order valence-electron chi connectivity index (χ2n) is 4.15. The first kappa shape index (κ1) is 6.62. The zero-order valence-corrected chi connectivity index (χ0v) is 6.59. The molecule has 1 aliphatic carbocycles. The van der Waals surface area contributed by atoms with Crippen LogP contribution in [0.3, 0.4) is 0 Å². The van der Waals surface area contributed by atoms with E-state index in [2.05, 4.69) is 19.2 Å². The van der Waals surface area contributed by atoms with Gasteiger partial charge in [-0.05, 0) is 13.0 Å². The van der Waals surface area contributed by atoms with Gasteiger partial charge in [-0.2, -0.15) is 0 Å². The van der Waals surface area contributed by atoms with Crippen LogP contribution in [0.5, 0.6) is 0 Å². The lowest BCUT2D eigenvalue weighted by atomic mass is 9.58. The number of aliphatic hydroxyl groups excluding tert-OH is 1. The molecule has 2 aliphatic rings. The second-order valence-corrected chi connectivity index (χ2v) is 4.15. The van der Waals surface area contributed by atoms with Gasteiger partial charge in [0, 0.05) is 17.4 Å². The molecule has 0 bridgehead atoms. The minimum Gasteiger partial charge on any atom is -0.392 e. The SMILES string of the molecule is CC1(C)[C@@H]2NCC[C@@H]2[C@@H]1O. The van der Waals surface area contributed by atoms with E-state index in [-0.39, 0.29) is 11.5 Å². The average molecular weight is 141 g/mol. The number of hydrogen-bond donors (Lipinski definition) is 2. The highest BCUT2D eigenvalue weighted by Crippen LogP contribution is 2.49. The molecule has 0 spiro atoms. The molecule has 1 saturated heterocycles. The zero-order chi connectivity index (χ0) is 7.35. The third-order valence-electron chi connectivity index (χ3n) is 3.24. The summed E-state index contributed by atoms with van der Waals surface area (Å²) in [4.78, 5) is 0. The van der Waals surface area contributed by atoms with Crippen LogP contribution in [0.15, 0.2) is 0 Å². The fraction of sp³-hybridized carbons (Fsp3) is 1.00. The minimum absolute atomic E-state index is 0.0625. The van der Waals surface area contributed by atoms with Crippen LogP contribution in [0.25, 0.3) is 0 Å².